The highest BCUT2D eigenvalue weighted by atomic mass is 79.9. The van der Waals surface area contributed by atoms with Gasteiger partial charge in [0.15, 0.2) is 0 Å². The Hall–Kier alpha value is -3.12. The first-order chi connectivity index (χ1) is 17.0. The fraction of sp³-hybridized carbons (Fsp3) is 0.310. The van der Waals surface area contributed by atoms with Crippen molar-refractivity contribution in [3.8, 4) is 5.75 Å². The van der Waals surface area contributed by atoms with Gasteiger partial charge < -0.3 is 14.2 Å². The first-order valence-corrected chi connectivity index (χ1v) is 13.0. The van der Waals surface area contributed by atoms with Crippen LogP contribution in [0.25, 0.3) is 11.0 Å². The van der Waals surface area contributed by atoms with Crippen molar-refractivity contribution in [2.75, 3.05) is 18.1 Å². The summed E-state index contributed by atoms with van der Waals surface area (Å²) < 4.78 is 9.33. The van der Waals surface area contributed by atoms with Gasteiger partial charge in [0.25, 0.3) is 0 Å². The average Bonchev–Trinajstić information content (AvgIpc) is 3.39. The third-order valence-corrected chi connectivity index (χ3v) is 7.08. The second kappa shape index (κ2) is 10.2. The van der Waals surface area contributed by atoms with Crippen molar-refractivity contribution in [2.24, 2.45) is 0 Å². The summed E-state index contributed by atoms with van der Waals surface area (Å²) in [6.07, 6.45) is 2.41. The fourth-order valence-electron chi connectivity index (χ4n) is 4.97. The lowest BCUT2D eigenvalue weighted by atomic mass is 10.1. The van der Waals surface area contributed by atoms with Gasteiger partial charge in [-0.3, -0.25) is 4.79 Å². The minimum absolute atomic E-state index is 0.0741. The number of aryl methyl sites for hydroxylation is 3. The molecule has 0 bridgehead atoms. The summed E-state index contributed by atoms with van der Waals surface area (Å²) in [6, 6.07) is 22.5. The average molecular weight is 532 g/mol. The molecule has 0 aliphatic carbocycles. The molecule has 2 heterocycles. The summed E-state index contributed by atoms with van der Waals surface area (Å²) in [5.41, 5.74) is 5.50. The largest absolute Gasteiger partial charge is 0.494 e. The molecule has 1 fully saturated rings. The lowest BCUT2D eigenvalue weighted by Gasteiger charge is -2.17. The molecule has 1 aromatic heterocycles. The molecule has 6 heteroatoms. The summed E-state index contributed by atoms with van der Waals surface area (Å²) in [5.74, 6) is 2.17. The highest BCUT2D eigenvalue weighted by Gasteiger charge is 2.34. The van der Waals surface area contributed by atoms with Gasteiger partial charge in [-0.1, -0.05) is 34.1 Å². The first kappa shape index (κ1) is 23.6. The topological polar surface area (TPSA) is 47.4 Å². The van der Waals surface area contributed by atoms with Crippen LogP contribution in [0.2, 0.25) is 0 Å². The van der Waals surface area contributed by atoms with Crippen LogP contribution in [0.3, 0.4) is 0 Å². The monoisotopic (exact) mass is 531 g/mol. The molecular formula is C29H30BrN3O2. The molecule has 1 aliphatic rings. The van der Waals surface area contributed by atoms with Crippen molar-refractivity contribution < 1.29 is 9.53 Å². The van der Waals surface area contributed by atoms with Crippen LogP contribution in [0.5, 0.6) is 5.75 Å². The lowest BCUT2D eigenvalue weighted by molar-refractivity contribution is -0.117. The number of anilines is 1. The third-order valence-electron chi connectivity index (χ3n) is 6.55. The van der Waals surface area contributed by atoms with Crippen LogP contribution < -0.4 is 9.64 Å². The van der Waals surface area contributed by atoms with Crippen molar-refractivity contribution in [3.05, 3.63) is 88.2 Å². The molecule has 1 unspecified atom stereocenters. The third kappa shape index (κ3) is 5.27. The van der Waals surface area contributed by atoms with Gasteiger partial charge in [0.05, 0.1) is 17.6 Å². The molecule has 1 aliphatic heterocycles. The van der Waals surface area contributed by atoms with Crippen molar-refractivity contribution in [1.82, 2.24) is 9.55 Å². The molecule has 5 rings (SSSR count). The lowest BCUT2D eigenvalue weighted by Crippen LogP contribution is -2.24. The Balaban J connectivity index is 1.28. The number of carbonyl (C=O) groups excluding carboxylic acids is 1. The Labute approximate surface area is 214 Å². The Morgan fingerprint density at radius 3 is 2.51 bits per heavy atom. The van der Waals surface area contributed by atoms with Crippen molar-refractivity contribution in [1.29, 1.82) is 0 Å². The molecule has 1 amide bonds. The van der Waals surface area contributed by atoms with E-state index < -0.39 is 0 Å². The van der Waals surface area contributed by atoms with Crippen molar-refractivity contribution in [3.63, 3.8) is 0 Å². The molecule has 0 N–H and O–H groups in total. The summed E-state index contributed by atoms with van der Waals surface area (Å²) >= 11 is 3.48. The number of aromatic nitrogens is 2. The number of ether oxygens (including phenoxy) is 1. The van der Waals surface area contributed by atoms with Gasteiger partial charge in [0.2, 0.25) is 5.91 Å². The van der Waals surface area contributed by atoms with Gasteiger partial charge in [0, 0.05) is 35.6 Å². The minimum Gasteiger partial charge on any atom is -0.494 e. The van der Waals surface area contributed by atoms with E-state index in [1.165, 1.54) is 11.1 Å². The summed E-state index contributed by atoms with van der Waals surface area (Å²) in [5, 5.41) is 0. The maximum Gasteiger partial charge on any atom is 0.227 e. The van der Waals surface area contributed by atoms with Crippen LogP contribution in [-0.4, -0.2) is 28.6 Å². The zero-order valence-electron chi connectivity index (χ0n) is 20.2. The Morgan fingerprint density at radius 2 is 1.74 bits per heavy atom. The number of benzene rings is 3. The second-order valence-electron chi connectivity index (χ2n) is 9.37. The summed E-state index contributed by atoms with van der Waals surface area (Å²) in [6.45, 7) is 6.38. The van der Waals surface area contributed by atoms with E-state index in [0.717, 1.165) is 52.2 Å². The number of nitrogens with zero attached hydrogens (tertiary/aromatic N) is 3. The zero-order chi connectivity index (χ0) is 24.4. The molecule has 35 heavy (non-hydrogen) atoms. The van der Waals surface area contributed by atoms with Crippen molar-refractivity contribution in [2.45, 2.75) is 45.6 Å². The van der Waals surface area contributed by atoms with E-state index in [9.17, 15) is 4.79 Å². The predicted octanol–water partition coefficient (Wildman–Crippen LogP) is 6.80. The zero-order valence-corrected chi connectivity index (χ0v) is 21.8. The molecule has 0 spiro atoms. The summed E-state index contributed by atoms with van der Waals surface area (Å²) in [7, 11) is 0. The van der Waals surface area contributed by atoms with Gasteiger partial charge in [-0.15, -0.1) is 0 Å². The maximum absolute atomic E-state index is 12.9. The number of hydrogen-bond donors (Lipinski definition) is 0. The van der Waals surface area contributed by atoms with E-state index in [4.69, 9.17) is 9.72 Å². The SMILES string of the molecule is Cc1cc(C)cc(OCCCCn2c(C3CC(=O)N(c4ccc(Br)cc4)C3)nc3ccccc32)c1. The molecular weight excluding hydrogens is 502 g/mol. The molecule has 0 radical (unpaired) electrons. The second-order valence-corrected chi connectivity index (χ2v) is 10.3. The number of imidazole rings is 1. The van der Waals surface area contributed by atoms with Crippen molar-refractivity contribution >= 4 is 38.6 Å². The van der Waals surface area contributed by atoms with E-state index in [0.29, 0.717) is 19.6 Å². The highest BCUT2D eigenvalue weighted by Crippen LogP contribution is 2.34. The standard InChI is InChI=1S/C29H30BrN3O2/c1-20-15-21(2)17-25(16-20)35-14-6-5-13-32-27-8-4-3-7-26(27)31-29(32)22-18-28(34)33(19-22)24-11-9-23(30)10-12-24/h3-4,7-12,15-17,22H,5-6,13-14,18-19H2,1-2H3. The van der Waals surface area contributed by atoms with Gasteiger partial charge in [-0.2, -0.15) is 0 Å². The van der Waals surface area contributed by atoms with Gasteiger partial charge in [-0.05, 0) is 86.3 Å². The number of carbonyl (C=O) groups is 1. The van der Waals surface area contributed by atoms with Crippen LogP contribution in [0.4, 0.5) is 5.69 Å². The summed E-state index contributed by atoms with van der Waals surface area (Å²) in [4.78, 5) is 19.8. The molecule has 0 saturated carbocycles. The molecule has 1 atom stereocenters. The van der Waals surface area contributed by atoms with E-state index in [1.807, 2.05) is 35.2 Å². The van der Waals surface area contributed by atoms with Crippen LogP contribution in [-0.2, 0) is 11.3 Å². The number of amides is 1. The number of hydrogen-bond acceptors (Lipinski definition) is 3. The van der Waals surface area contributed by atoms with E-state index >= 15 is 0 Å². The van der Waals surface area contributed by atoms with E-state index in [1.54, 1.807) is 0 Å². The van der Waals surface area contributed by atoms with Gasteiger partial charge in [-0.25, -0.2) is 4.98 Å². The van der Waals surface area contributed by atoms with Gasteiger partial charge >= 0.3 is 0 Å². The quantitative estimate of drug-likeness (QED) is 0.235. The van der Waals surface area contributed by atoms with Crippen LogP contribution >= 0.6 is 15.9 Å². The molecule has 1 saturated heterocycles. The number of halogens is 1. The molecule has 3 aromatic carbocycles. The normalized spacial score (nSPS) is 15.8. The Bertz CT molecular complexity index is 1330. The number of fused-ring (bicyclic) bond motifs is 1. The van der Waals surface area contributed by atoms with Crippen LogP contribution in [0.15, 0.2) is 71.2 Å². The molecule has 180 valence electrons. The smallest absolute Gasteiger partial charge is 0.227 e. The maximum atomic E-state index is 12.9. The first-order valence-electron chi connectivity index (χ1n) is 12.2. The number of para-hydroxylation sites is 2. The number of unbranched alkanes of at least 4 members (excludes halogenated alkanes) is 1. The Morgan fingerprint density at radius 1 is 1.00 bits per heavy atom. The molecule has 4 aromatic rings. The predicted molar refractivity (Wildman–Crippen MR) is 144 cm³/mol. The highest BCUT2D eigenvalue weighted by molar-refractivity contribution is 9.10. The van der Waals surface area contributed by atoms with E-state index in [2.05, 4.69) is 70.7 Å². The minimum atomic E-state index is 0.0741. The van der Waals surface area contributed by atoms with E-state index in [-0.39, 0.29) is 11.8 Å². The molecule has 5 nitrogen and oxygen atoms in total. The Kier molecular flexibility index (Phi) is 6.91. The number of rotatable bonds is 8. The van der Waals surface area contributed by atoms with Crippen LogP contribution in [0.1, 0.15) is 42.1 Å². The van der Waals surface area contributed by atoms with Crippen LogP contribution in [0, 0.1) is 13.8 Å². The van der Waals surface area contributed by atoms with Gasteiger partial charge in [0.1, 0.15) is 11.6 Å². The fourth-order valence-corrected chi connectivity index (χ4v) is 5.23.